The summed E-state index contributed by atoms with van der Waals surface area (Å²) in [7, 11) is 1.28. The van der Waals surface area contributed by atoms with Gasteiger partial charge in [0.1, 0.15) is 17.7 Å². The van der Waals surface area contributed by atoms with Crippen LogP contribution in [0.15, 0.2) is 122 Å². The van der Waals surface area contributed by atoms with Crippen LogP contribution in [-0.2, 0) is 19.7 Å². The minimum atomic E-state index is -0.873. The molecule has 0 bridgehead atoms. The maximum absolute atomic E-state index is 13.9. The van der Waals surface area contributed by atoms with Crippen LogP contribution in [0.5, 0.6) is 0 Å². The second-order valence-electron chi connectivity index (χ2n) is 15.5. The summed E-state index contributed by atoms with van der Waals surface area (Å²) in [6, 6.07) is 34.3. The predicted molar refractivity (Wildman–Crippen MR) is 223 cm³/mol. The fourth-order valence-electron chi connectivity index (χ4n) is 8.58. The van der Waals surface area contributed by atoms with E-state index in [4.69, 9.17) is 9.72 Å². The third kappa shape index (κ3) is 7.62. The maximum atomic E-state index is 13.9. The summed E-state index contributed by atoms with van der Waals surface area (Å²) in [6.07, 6.45) is 8.24. The molecule has 11 nitrogen and oxygen atoms in total. The molecule has 9 rings (SSSR count). The van der Waals surface area contributed by atoms with Gasteiger partial charge < -0.3 is 29.8 Å². The van der Waals surface area contributed by atoms with Gasteiger partial charge in [-0.3, -0.25) is 9.59 Å². The van der Waals surface area contributed by atoms with Crippen molar-refractivity contribution < 1.29 is 19.1 Å². The van der Waals surface area contributed by atoms with E-state index in [9.17, 15) is 14.4 Å². The van der Waals surface area contributed by atoms with Crippen molar-refractivity contribution in [1.82, 2.24) is 35.1 Å². The number of benzene rings is 4. The lowest BCUT2D eigenvalue weighted by molar-refractivity contribution is -0.135. The fourth-order valence-corrected chi connectivity index (χ4v) is 8.58. The lowest BCUT2D eigenvalue weighted by atomic mass is 9.94. The van der Waals surface area contributed by atoms with Gasteiger partial charge in [-0.1, -0.05) is 96.8 Å². The summed E-state index contributed by atoms with van der Waals surface area (Å²) in [5.74, 6) is 8.12. The van der Waals surface area contributed by atoms with Crippen molar-refractivity contribution in [1.29, 1.82) is 0 Å². The molecule has 0 radical (unpaired) electrons. The minimum absolute atomic E-state index is 0.0472. The van der Waals surface area contributed by atoms with Gasteiger partial charge in [0.15, 0.2) is 0 Å². The van der Waals surface area contributed by atoms with Crippen LogP contribution in [0.4, 0.5) is 4.79 Å². The molecule has 1 saturated carbocycles. The first-order valence-corrected chi connectivity index (χ1v) is 20.3. The smallest absolute Gasteiger partial charge is 0.407 e. The van der Waals surface area contributed by atoms with Crippen LogP contribution >= 0.6 is 0 Å². The van der Waals surface area contributed by atoms with Gasteiger partial charge in [-0.25, -0.2) is 14.8 Å². The first kappa shape index (κ1) is 37.6. The van der Waals surface area contributed by atoms with Crippen molar-refractivity contribution in [3.63, 3.8) is 0 Å². The van der Waals surface area contributed by atoms with E-state index in [1.165, 1.54) is 7.11 Å². The molecule has 4 heterocycles. The third-order valence-electron chi connectivity index (χ3n) is 11.9. The zero-order valence-electron chi connectivity index (χ0n) is 32.9. The maximum Gasteiger partial charge on any atom is 0.407 e. The molecule has 0 spiro atoms. The molecular weight excluding hydrogens is 739 g/mol. The predicted octanol–water partition coefficient (Wildman–Crippen LogP) is 8.02. The summed E-state index contributed by atoms with van der Waals surface area (Å²) < 4.78 is 4.82. The van der Waals surface area contributed by atoms with Gasteiger partial charge in [-0.2, -0.15) is 0 Å². The molecule has 1 aliphatic carbocycles. The van der Waals surface area contributed by atoms with E-state index < -0.39 is 12.1 Å². The summed E-state index contributed by atoms with van der Waals surface area (Å²) in [4.78, 5) is 60.2. The number of rotatable bonds is 9. The van der Waals surface area contributed by atoms with Gasteiger partial charge in [0.2, 0.25) is 5.91 Å². The second kappa shape index (κ2) is 16.1. The van der Waals surface area contributed by atoms with E-state index >= 15 is 0 Å². The van der Waals surface area contributed by atoms with Gasteiger partial charge in [-0.05, 0) is 85.0 Å². The van der Waals surface area contributed by atoms with Crippen molar-refractivity contribution in [3.8, 4) is 34.4 Å². The van der Waals surface area contributed by atoms with Crippen LogP contribution in [0, 0.1) is 11.8 Å². The minimum Gasteiger partial charge on any atom is -0.453 e. The molecule has 11 heteroatoms. The quantitative estimate of drug-likeness (QED) is 0.127. The van der Waals surface area contributed by atoms with Gasteiger partial charge in [0.05, 0.1) is 48.4 Å². The highest BCUT2D eigenvalue weighted by atomic mass is 16.5. The molecule has 2 aromatic heterocycles. The van der Waals surface area contributed by atoms with Crippen LogP contribution in [0.1, 0.15) is 90.6 Å². The average Bonchev–Trinajstić information content (AvgIpc) is 3.82. The summed E-state index contributed by atoms with van der Waals surface area (Å²) in [5, 5.41) is 2.71. The van der Waals surface area contributed by atoms with E-state index in [1.54, 1.807) is 11.1 Å². The summed E-state index contributed by atoms with van der Waals surface area (Å²) in [6.45, 7) is 1.32. The number of H-pyrrole nitrogens is 2. The molecule has 0 unspecified atom stereocenters. The van der Waals surface area contributed by atoms with Crippen LogP contribution in [0.2, 0.25) is 0 Å². The fraction of sp³-hybridized carbons (Fsp3) is 0.271. The number of carbonyl (C=O) groups is 3. The Morgan fingerprint density at radius 3 is 1.75 bits per heavy atom. The number of imidazole rings is 2. The highest BCUT2D eigenvalue weighted by Crippen LogP contribution is 2.51. The Morgan fingerprint density at radius 2 is 1.22 bits per heavy atom. The Balaban J connectivity index is 0.833. The normalized spacial score (nSPS) is 18.5. The van der Waals surface area contributed by atoms with Crippen LogP contribution in [0.25, 0.3) is 22.5 Å². The number of hydrogen-bond donors (Lipinski definition) is 3. The van der Waals surface area contributed by atoms with Crippen molar-refractivity contribution in [2.45, 2.75) is 62.1 Å². The van der Waals surface area contributed by atoms with Crippen molar-refractivity contribution >= 4 is 17.9 Å². The van der Waals surface area contributed by atoms with Gasteiger partial charge in [-0.15, -0.1) is 0 Å². The topological polar surface area (TPSA) is 136 Å². The molecule has 3 amide bonds. The number of nitrogens with one attached hydrogen (secondary N) is 3. The van der Waals surface area contributed by atoms with E-state index in [-0.39, 0.29) is 29.3 Å². The Bertz CT molecular complexity index is 2520. The van der Waals surface area contributed by atoms with Crippen LogP contribution < -0.4 is 5.32 Å². The number of hydrogen-bond acceptors (Lipinski definition) is 6. The highest BCUT2D eigenvalue weighted by Gasteiger charge is 2.54. The lowest BCUT2D eigenvalue weighted by Crippen LogP contribution is -2.42. The van der Waals surface area contributed by atoms with Crippen molar-refractivity contribution in [3.05, 3.63) is 155 Å². The number of nitrogens with zero attached hydrogens (tertiary/aromatic N) is 4. The monoisotopic (exact) mass is 783 g/mol. The molecule has 2 saturated heterocycles. The molecule has 6 aromatic rings. The average molecular weight is 784 g/mol. The van der Waals surface area contributed by atoms with Crippen molar-refractivity contribution in [2.24, 2.45) is 0 Å². The summed E-state index contributed by atoms with van der Waals surface area (Å²) in [5.41, 5.74) is 6.92. The molecule has 59 heavy (non-hydrogen) atoms. The molecule has 2 aliphatic heterocycles. The Morgan fingerprint density at radius 1 is 0.712 bits per heavy atom. The highest BCUT2D eigenvalue weighted by molar-refractivity contribution is 5.92. The molecule has 4 aromatic carbocycles. The van der Waals surface area contributed by atoms with Crippen molar-refractivity contribution in [2.75, 3.05) is 20.2 Å². The zero-order chi connectivity index (χ0) is 40.3. The lowest BCUT2D eigenvalue weighted by Gasteiger charge is -2.28. The molecular formula is C48H45N7O4. The molecule has 3 N–H and O–H groups in total. The second-order valence-corrected chi connectivity index (χ2v) is 15.5. The Kier molecular flexibility index (Phi) is 10.3. The third-order valence-corrected chi connectivity index (χ3v) is 11.9. The molecule has 3 atom stereocenters. The number of methoxy groups -OCH3 is 1. The SMILES string of the molecule is COC(=O)N[C@@H](C(=O)N1CCC[C@H]1c1ncc(-c2ccc(C#Cc3ccc(-c4cnc([C@@H]5CCCN5C(=O)C5(c6ccccc6)CC5)[nH]4)cc3)cc2)[nH]1)c1ccccc1. The molecule has 3 aliphatic rings. The first-order chi connectivity index (χ1) is 28.9. The van der Waals surface area contributed by atoms with Gasteiger partial charge in [0, 0.05) is 24.2 Å². The van der Waals surface area contributed by atoms with Gasteiger partial charge in [0.25, 0.3) is 5.91 Å². The Hall–Kier alpha value is -6.93. The van der Waals surface area contributed by atoms with E-state index in [2.05, 4.69) is 44.2 Å². The number of amides is 3. The van der Waals surface area contributed by atoms with Gasteiger partial charge >= 0.3 is 6.09 Å². The molecule has 3 fully saturated rings. The molecule has 296 valence electrons. The van der Waals surface area contributed by atoms with E-state index in [0.717, 1.165) is 90.1 Å². The Labute approximate surface area is 343 Å². The standard InChI is InChI=1S/C48H45N7O4/c1-59-47(58)53-42(36-10-4-2-5-11-36)45(56)54-28-8-14-40(54)43-49-30-38(51-43)34-22-18-32(19-23-34)16-17-33-20-24-35(25-21-33)39-31-50-44(52-39)41-15-9-29-55(41)46(57)48(26-27-48)37-12-6-3-7-13-37/h2-7,10-13,18-25,30-31,40-42H,8-9,14-15,26-29H2,1H3,(H,49,51)(H,50,52)(H,53,58)/t40-,41-,42+/m0/s1. The van der Waals surface area contributed by atoms with E-state index in [0.29, 0.717) is 17.9 Å². The number of alkyl carbamates (subject to hydrolysis) is 1. The van der Waals surface area contributed by atoms with E-state index in [1.807, 2.05) is 108 Å². The van der Waals surface area contributed by atoms with Crippen LogP contribution in [-0.4, -0.2) is 67.8 Å². The number of ether oxygens (including phenoxy) is 1. The number of likely N-dealkylation sites (tertiary alicyclic amines) is 2. The first-order valence-electron chi connectivity index (χ1n) is 20.3. The summed E-state index contributed by atoms with van der Waals surface area (Å²) >= 11 is 0. The zero-order valence-corrected chi connectivity index (χ0v) is 32.9. The number of aromatic amines is 2. The number of carbonyl (C=O) groups excluding carboxylic acids is 3. The largest absolute Gasteiger partial charge is 0.453 e. The number of aromatic nitrogens is 4. The van der Waals surface area contributed by atoms with Crippen LogP contribution in [0.3, 0.4) is 0 Å².